The van der Waals surface area contributed by atoms with Crippen LogP contribution in [-0.4, -0.2) is 20.3 Å². The molecule has 1 aromatic carbocycles. The minimum atomic E-state index is -4.85. The van der Waals surface area contributed by atoms with Gasteiger partial charge in [0.15, 0.2) is 0 Å². The summed E-state index contributed by atoms with van der Waals surface area (Å²) in [5.41, 5.74) is 1.47. The maximum atomic E-state index is 12.7. The fraction of sp³-hybridized carbons (Fsp3) is 0.167. The zero-order valence-electron chi connectivity index (χ0n) is 11.1. The number of halogens is 3. The maximum absolute atomic E-state index is 12.7. The van der Waals surface area contributed by atoms with Gasteiger partial charge in [0.05, 0.1) is 0 Å². The molecule has 0 saturated heterocycles. The smallest absolute Gasteiger partial charge is 0.448 e. The molecule has 1 aromatic rings. The molecule has 1 nitrogen and oxygen atoms in total. The quantitative estimate of drug-likeness (QED) is 0.735. The van der Waals surface area contributed by atoms with E-state index in [2.05, 4.69) is 0 Å². The first-order chi connectivity index (χ1) is 8.51. The molecule has 1 aliphatic rings. The fourth-order valence-electron chi connectivity index (χ4n) is 2.17. The Kier molecular flexibility index (Phi) is 6.46. The minimum Gasteiger partial charge on any atom is -0.448 e. The number of fused-ring (bicyclic) bond motifs is 1. The van der Waals surface area contributed by atoms with Crippen molar-refractivity contribution in [1.82, 2.24) is 0 Å². The first-order valence-electron chi connectivity index (χ1n) is 5.89. The molecule has 0 saturated carbocycles. The molecule has 7 heteroatoms. The van der Waals surface area contributed by atoms with E-state index >= 15 is 0 Å². The number of para-hydroxylation sites is 1. The Balaban J connectivity index is 0.00000180. The van der Waals surface area contributed by atoms with Crippen LogP contribution in [0.15, 0.2) is 42.3 Å². The third kappa shape index (κ3) is 4.53. The summed E-state index contributed by atoms with van der Waals surface area (Å²) >= 11 is 0. The second-order valence-electron chi connectivity index (χ2n) is 4.30. The van der Waals surface area contributed by atoms with Crippen LogP contribution in [-0.2, 0) is 0 Å². The van der Waals surface area contributed by atoms with Crippen molar-refractivity contribution < 1.29 is 64.3 Å². The van der Waals surface area contributed by atoms with Gasteiger partial charge in [0, 0.05) is 5.69 Å². The van der Waals surface area contributed by atoms with E-state index in [1.807, 2.05) is 25.1 Å². The summed E-state index contributed by atoms with van der Waals surface area (Å²) < 4.78 is 38.2. The Morgan fingerprint density at radius 2 is 1.95 bits per heavy atom. The van der Waals surface area contributed by atoms with Crippen LogP contribution in [0.25, 0.3) is 6.08 Å². The van der Waals surface area contributed by atoms with E-state index in [9.17, 15) is 12.9 Å². The summed E-state index contributed by atoms with van der Waals surface area (Å²) in [4.78, 5) is 1.40. The van der Waals surface area contributed by atoms with Gasteiger partial charge in [-0.2, -0.15) is 0 Å². The molecule has 1 heterocycles. The zero-order chi connectivity index (χ0) is 13.2. The van der Waals surface area contributed by atoms with E-state index in [1.165, 1.54) is 4.81 Å². The molecule has 94 valence electrons. The van der Waals surface area contributed by atoms with Crippen LogP contribution in [0.2, 0.25) is 0 Å². The molecule has 0 spiro atoms. The molecule has 0 N–H and O–H groups in total. The largest absolute Gasteiger partial charge is 1.00 e. The molecule has 2 rings (SSSR count). The monoisotopic (exact) mass is 289 g/mol. The summed E-state index contributed by atoms with van der Waals surface area (Å²) in [7, 11) is 0. The number of hydrogen-bond donors (Lipinski definition) is 0. The molecule has 0 fully saturated rings. The third-order valence-corrected chi connectivity index (χ3v) is 2.87. The third-order valence-electron chi connectivity index (χ3n) is 2.87. The van der Waals surface area contributed by atoms with Gasteiger partial charge < -0.3 is 17.8 Å². The second kappa shape index (κ2) is 7.18. The van der Waals surface area contributed by atoms with Crippen molar-refractivity contribution in [3.05, 3.63) is 47.9 Å². The molecule has 0 amide bonds. The second-order valence-corrected chi connectivity index (χ2v) is 4.30. The topological polar surface area (TPSA) is 3.24 Å². The zero-order valence-corrected chi connectivity index (χ0v) is 14.2. The van der Waals surface area contributed by atoms with Crippen LogP contribution in [0.4, 0.5) is 18.6 Å². The van der Waals surface area contributed by atoms with E-state index in [0.717, 1.165) is 5.56 Å². The normalized spacial score (nSPS) is 14.5. The van der Waals surface area contributed by atoms with Gasteiger partial charge in [0.25, 0.3) is 0 Å². The van der Waals surface area contributed by atoms with Gasteiger partial charge in [0.2, 0.25) is 0 Å². The number of allylic oxidation sites excluding steroid dienone is 1. The van der Waals surface area contributed by atoms with Crippen LogP contribution >= 0.6 is 0 Å². The predicted octanol–water partition coefficient (Wildman–Crippen LogP) is 0.556. The van der Waals surface area contributed by atoms with Crippen LogP contribution in [0.1, 0.15) is 12.5 Å². The Hall–Kier alpha value is 0.0562. The molecule has 1 aliphatic heterocycles. The Morgan fingerprint density at radius 1 is 1.26 bits per heavy atom. The van der Waals surface area contributed by atoms with Gasteiger partial charge in [-0.15, -0.1) is 0 Å². The summed E-state index contributed by atoms with van der Waals surface area (Å²) in [6.07, 6.45) is 2.77. The number of rotatable bonds is 3. The van der Waals surface area contributed by atoms with Gasteiger partial charge in [-0.3, -0.25) is 0 Å². The Morgan fingerprint density at radius 3 is 2.58 bits per heavy atom. The van der Waals surface area contributed by atoms with Gasteiger partial charge in [0.1, 0.15) is 0 Å². The average molecular weight is 289 g/mol. The van der Waals surface area contributed by atoms with Crippen LogP contribution in [0, 0.1) is 0 Å². The first kappa shape index (κ1) is 17.1. The molecule has 0 bridgehead atoms. The average Bonchev–Trinajstić information content (AvgIpc) is 2.31. The van der Waals surface area contributed by atoms with Crippen LogP contribution in [0.5, 0.6) is 0 Å². The van der Waals surface area contributed by atoms with E-state index in [1.54, 1.807) is 30.2 Å². The van der Waals surface area contributed by atoms with Crippen molar-refractivity contribution in [1.29, 1.82) is 0 Å². The standard InChI is InChI=1S/C12H13B2F3N.K/c1-2-8-13-9-7-11-5-3-4-6-12(11)18(13)10-14(15,16)17;/h2-9H,10H2,1H3;/q-1;+1/b8-2+;. The van der Waals surface area contributed by atoms with Gasteiger partial charge in [-0.1, -0.05) is 42.3 Å². The van der Waals surface area contributed by atoms with Crippen molar-refractivity contribution >= 4 is 25.6 Å². The first-order valence-corrected chi connectivity index (χ1v) is 5.89. The minimum absolute atomic E-state index is 0. The van der Waals surface area contributed by atoms with Gasteiger partial charge >= 0.3 is 65.2 Å². The molecule has 0 unspecified atom stereocenters. The molecule has 0 atom stereocenters. The number of nitrogens with zero attached hydrogens (tertiary/aromatic N) is 1. The molecule has 19 heavy (non-hydrogen) atoms. The van der Waals surface area contributed by atoms with Crippen LogP contribution in [0.3, 0.4) is 0 Å². The fourth-order valence-corrected chi connectivity index (χ4v) is 2.17. The Bertz CT molecular complexity index is 488. The summed E-state index contributed by atoms with van der Waals surface area (Å²) in [6.45, 7) is -3.36. The van der Waals surface area contributed by atoms with Crippen molar-refractivity contribution in [2.75, 3.05) is 11.3 Å². The number of benzene rings is 1. The molecule has 0 radical (unpaired) electrons. The molecular weight excluding hydrogens is 276 g/mol. The van der Waals surface area contributed by atoms with Gasteiger partial charge in [-0.25, -0.2) is 0 Å². The number of anilines is 1. The SMILES string of the molecule is C/C=C/B1C=Cc2ccccc2N1C[B-](F)(F)F.[K+]. The van der Waals surface area contributed by atoms with Crippen molar-refractivity contribution in [2.45, 2.75) is 6.92 Å². The van der Waals surface area contributed by atoms with E-state index in [4.69, 9.17) is 0 Å². The molecule has 0 aromatic heterocycles. The Labute approximate surface area is 154 Å². The van der Waals surface area contributed by atoms with Crippen molar-refractivity contribution in [3.8, 4) is 0 Å². The number of hydrogen-bond acceptors (Lipinski definition) is 1. The van der Waals surface area contributed by atoms with Gasteiger partial charge in [-0.05, 0) is 25.0 Å². The summed E-state index contributed by atoms with van der Waals surface area (Å²) in [6, 6.07) is 7.16. The predicted molar refractivity (Wildman–Crippen MR) is 72.5 cm³/mol. The summed E-state index contributed by atoms with van der Waals surface area (Å²) in [5.74, 6) is 3.57. The molecule has 0 aliphatic carbocycles. The molecular formula is C12H13B2F3KN. The van der Waals surface area contributed by atoms with Crippen molar-refractivity contribution in [2.24, 2.45) is 0 Å². The van der Waals surface area contributed by atoms with Crippen molar-refractivity contribution in [3.63, 3.8) is 0 Å². The van der Waals surface area contributed by atoms with E-state index < -0.39 is 13.4 Å². The maximum Gasteiger partial charge on any atom is 1.00 e. The summed E-state index contributed by atoms with van der Waals surface area (Å²) in [5, 5.41) is 0. The van der Waals surface area contributed by atoms with Crippen LogP contribution < -0.4 is 56.2 Å². The van der Waals surface area contributed by atoms with E-state index in [0.29, 0.717) is 5.69 Å². The van der Waals surface area contributed by atoms with E-state index in [-0.39, 0.29) is 58.2 Å².